The van der Waals surface area contributed by atoms with Gasteiger partial charge >= 0.3 is 5.97 Å². The Balaban J connectivity index is 2.42. The summed E-state index contributed by atoms with van der Waals surface area (Å²) >= 11 is 0. The first-order valence-corrected chi connectivity index (χ1v) is 7.00. The van der Waals surface area contributed by atoms with E-state index in [-0.39, 0.29) is 24.1 Å². The number of hydrogen-bond acceptors (Lipinski definition) is 4. The summed E-state index contributed by atoms with van der Waals surface area (Å²) in [5.41, 5.74) is -0.674. The van der Waals surface area contributed by atoms with Crippen molar-refractivity contribution in [3.8, 4) is 0 Å². The van der Waals surface area contributed by atoms with Crippen molar-refractivity contribution in [2.45, 2.75) is 58.2 Å². The van der Waals surface area contributed by atoms with E-state index in [1.807, 2.05) is 39.5 Å². The van der Waals surface area contributed by atoms with E-state index in [1.54, 1.807) is 0 Å². The number of carbonyl (C=O) groups is 2. The maximum Gasteiger partial charge on any atom is 0.329 e. The van der Waals surface area contributed by atoms with Crippen LogP contribution in [0.2, 0.25) is 0 Å². The van der Waals surface area contributed by atoms with E-state index in [0.717, 1.165) is 6.42 Å². The summed E-state index contributed by atoms with van der Waals surface area (Å²) in [5.74, 6) is -0.975. The maximum atomic E-state index is 12.1. The largest absolute Gasteiger partial charge is 0.480 e. The average molecular weight is 286 g/mol. The first kappa shape index (κ1) is 16.9. The van der Waals surface area contributed by atoms with E-state index in [9.17, 15) is 9.59 Å². The fourth-order valence-electron chi connectivity index (χ4n) is 2.11. The normalized spacial score (nSPS) is 20.1. The fraction of sp³-hybridized carbons (Fsp3) is 0.857. The number of rotatable bonds is 7. The molecular formula is C14H26N2O4. The van der Waals surface area contributed by atoms with Gasteiger partial charge in [0.2, 0.25) is 5.91 Å². The highest BCUT2D eigenvalue weighted by Gasteiger charge is 2.44. The molecule has 0 aromatic heterocycles. The summed E-state index contributed by atoms with van der Waals surface area (Å²) in [6, 6.07) is -0.234. The molecule has 1 aliphatic heterocycles. The Morgan fingerprint density at radius 2 is 2.00 bits per heavy atom. The van der Waals surface area contributed by atoms with E-state index in [2.05, 4.69) is 5.32 Å². The number of amides is 1. The van der Waals surface area contributed by atoms with E-state index >= 15 is 0 Å². The van der Waals surface area contributed by atoms with E-state index in [0.29, 0.717) is 13.1 Å². The molecule has 0 spiro atoms. The molecule has 0 radical (unpaired) electrons. The number of aliphatic carboxylic acids is 1. The number of hydrogen-bond donors (Lipinski definition) is 2. The van der Waals surface area contributed by atoms with Crippen molar-refractivity contribution in [3.05, 3.63) is 0 Å². The Labute approximate surface area is 120 Å². The molecular weight excluding hydrogens is 260 g/mol. The number of carbonyl (C=O) groups excluding carboxylic acids is 1. The zero-order chi connectivity index (χ0) is 15.6. The number of nitrogens with zero attached hydrogens (tertiary/aromatic N) is 1. The summed E-state index contributed by atoms with van der Waals surface area (Å²) in [5, 5.41) is 11.6. The number of carboxylic acid groups (broad SMARTS) is 1. The van der Waals surface area contributed by atoms with Crippen molar-refractivity contribution >= 4 is 11.9 Å². The quantitative estimate of drug-likeness (QED) is 0.725. The molecule has 6 heteroatoms. The maximum absolute atomic E-state index is 12.1. The van der Waals surface area contributed by atoms with Gasteiger partial charge in [0, 0.05) is 18.6 Å². The molecule has 1 saturated heterocycles. The van der Waals surface area contributed by atoms with Crippen molar-refractivity contribution in [1.82, 2.24) is 10.2 Å². The van der Waals surface area contributed by atoms with Gasteiger partial charge < -0.3 is 15.2 Å². The molecule has 1 heterocycles. The van der Waals surface area contributed by atoms with E-state index in [1.165, 1.54) is 0 Å². The number of nitrogens with one attached hydrogen (secondary N) is 1. The van der Waals surface area contributed by atoms with Gasteiger partial charge in [-0.3, -0.25) is 9.69 Å². The van der Waals surface area contributed by atoms with Crippen molar-refractivity contribution in [3.63, 3.8) is 0 Å². The Morgan fingerprint density at radius 3 is 2.45 bits per heavy atom. The van der Waals surface area contributed by atoms with Crippen LogP contribution in [0.4, 0.5) is 0 Å². The Hall–Kier alpha value is -1.14. The van der Waals surface area contributed by atoms with Gasteiger partial charge in [-0.1, -0.05) is 6.92 Å². The third-order valence-corrected chi connectivity index (χ3v) is 3.89. The minimum atomic E-state index is -0.972. The number of carboxylic acids is 1. The zero-order valence-electron chi connectivity index (χ0n) is 13.0. The van der Waals surface area contributed by atoms with Crippen LogP contribution in [0.3, 0.4) is 0 Å². The first-order chi connectivity index (χ1) is 9.08. The molecule has 0 aromatic rings. The standard InChI is InChI=1S/C14H26N2O4/c1-6-13(3,4)15-12(19)10(2)16-8-14(5,9-16)20-7-11(17)18/h10H,6-9H2,1-5H3,(H,15,19)(H,17,18). The molecule has 1 rings (SSSR count). The zero-order valence-corrected chi connectivity index (χ0v) is 13.0. The summed E-state index contributed by atoms with van der Waals surface area (Å²) in [4.78, 5) is 24.6. The summed E-state index contributed by atoms with van der Waals surface area (Å²) in [6.45, 7) is 10.6. The molecule has 1 fully saturated rings. The predicted octanol–water partition coefficient (Wildman–Crippen LogP) is 0.855. The van der Waals surface area contributed by atoms with Crippen molar-refractivity contribution < 1.29 is 19.4 Å². The highest BCUT2D eigenvalue weighted by atomic mass is 16.5. The van der Waals surface area contributed by atoms with E-state index < -0.39 is 11.6 Å². The highest BCUT2D eigenvalue weighted by Crippen LogP contribution is 2.26. The highest BCUT2D eigenvalue weighted by molar-refractivity contribution is 5.82. The van der Waals surface area contributed by atoms with Crippen LogP contribution >= 0.6 is 0 Å². The SMILES string of the molecule is CCC(C)(C)NC(=O)C(C)N1CC(C)(OCC(=O)O)C1. The minimum Gasteiger partial charge on any atom is -0.480 e. The van der Waals surface area contributed by atoms with Crippen LogP contribution in [0, 0.1) is 0 Å². The van der Waals surface area contributed by atoms with Crippen LogP contribution in [0.1, 0.15) is 41.0 Å². The lowest BCUT2D eigenvalue weighted by Gasteiger charge is -2.49. The van der Waals surface area contributed by atoms with Crippen molar-refractivity contribution in [2.24, 2.45) is 0 Å². The number of ether oxygens (including phenoxy) is 1. The van der Waals surface area contributed by atoms with Gasteiger partial charge in [-0.05, 0) is 34.1 Å². The van der Waals surface area contributed by atoms with Gasteiger partial charge in [0.05, 0.1) is 11.6 Å². The molecule has 1 atom stereocenters. The molecule has 1 aliphatic rings. The molecule has 116 valence electrons. The van der Waals surface area contributed by atoms with Gasteiger partial charge in [-0.2, -0.15) is 0 Å². The molecule has 0 saturated carbocycles. The second-order valence-electron chi connectivity index (χ2n) is 6.44. The predicted molar refractivity (Wildman–Crippen MR) is 75.5 cm³/mol. The second kappa shape index (κ2) is 6.10. The van der Waals surface area contributed by atoms with Gasteiger partial charge in [0.15, 0.2) is 0 Å². The third-order valence-electron chi connectivity index (χ3n) is 3.89. The van der Waals surface area contributed by atoms with Crippen LogP contribution < -0.4 is 5.32 Å². The first-order valence-electron chi connectivity index (χ1n) is 7.00. The molecule has 1 unspecified atom stereocenters. The number of likely N-dealkylation sites (tertiary alicyclic amines) is 1. The average Bonchev–Trinajstić information content (AvgIpc) is 2.31. The second-order valence-corrected chi connectivity index (χ2v) is 6.44. The lowest BCUT2D eigenvalue weighted by Crippen LogP contribution is -2.67. The van der Waals surface area contributed by atoms with Gasteiger partial charge in [0.1, 0.15) is 6.61 Å². The Morgan fingerprint density at radius 1 is 1.45 bits per heavy atom. The van der Waals surface area contributed by atoms with E-state index in [4.69, 9.17) is 9.84 Å². The molecule has 2 N–H and O–H groups in total. The lowest BCUT2D eigenvalue weighted by atomic mass is 9.93. The minimum absolute atomic E-state index is 0.00265. The van der Waals surface area contributed by atoms with Gasteiger partial charge in [-0.25, -0.2) is 4.79 Å². The Kier molecular flexibility index (Phi) is 5.15. The van der Waals surface area contributed by atoms with Crippen LogP contribution in [-0.4, -0.2) is 58.8 Å². The van der Waals surface area contributed by atoms with Crippen molar-refractivity contribution in [1.29, 1.82) is 0 Å². The van der Waals surface area contributed by atoms with Crippen molar-refractivity contribution in [2.75, 3.05) is 19.7 Å². The van der Waals surface area contributed by atoms with Gasteiger partial charge in [-0.15, -0.1) is 0 Å². The Bertz CT molecular complexity index is 375. The topological polar surface area (TPSA) is 78.9 Å². The summed E-state index contributed by atoms with van der Waals surface area (Å²) in [6.07, 6.45) is 0.866. The van der Waals surface area contributed by atoms with Crippen LogP contribution in [0.15, 0.2) is 0 Å². The molecule has 0 aliphatic carbocycles. The fourth-order valence-corrected chi connectivity index (χ4v) is 2.11. The molecule has 0 aromatic carbocycles. The smallest absolute Gasteiger partial charge is 0.329 e. The molecule has 0 bridgehead atoms. The molecule has 6 nitrogen and oxygen atoms in total. The van der Waals surface area contributed by atoms with Crippen LogP contribution in [-0.2, 0) is 14.3 Å². The molecule has 20 heavy (non-hydrogen) atoms. The van der Waals surface area contributed by atoms with Crippen LogP contribution in [0.25, 0.3) is 0 Å². The lowest BCUT2D eigenvalue weighted by molar-refractivity contribution is -0.171. The summed E-state index contributed by atoms with van der Waals surface area (Å²) in [7, 11) is 0. The molecule has 1 amide bonds. The monoisotopic (exact) mass is 286 g/mol. The van der Waals surface area contributed by atoms with Crippen LogP contribution in [0.5, 0.6) is 0 Å². The summed E-state index contributed by atoms with van der Waals surface area (Å²) < 4.78 is 5.34. The van der Waals surface area contributed by atoms with Gasteiger partial charge in [0.25, 0.3) is 0 Å². The third kappa shape index (κ3) is 4.45.